The van der Waals surface area contributed by atoms with Crippen LogP contribution in [0.1, 0.15) is 18.2 Å². The number of likely N-dealkylation sites (N-methyl/N-ethyl adjacent to an activating group) is 1. The van der Waals surface area contributed by atoms with Gasteiger partial charge in [-0.15, -0.1) is 0 Å². The molecule has 25 heavy (non-hydrogen) atoms. The standard InChI is InChI=1S/C18H23N3O4/c1-3-24-15-8-6-14(7-9-15)12-21(2)13-17(22)20-18(23)19-11-16-5-4-10-25-16/h4-10H,3,11-13H2,1-2H3,(H2,19,20,22,23). The average molecular weight is 345 g/mol. The Balaban J connectivity index is 1.70. The third-order valence-corrected chi connectivity index (χ3v) is 3.36. The Morgan fingerprint density at radius 1 is 1.20 bits per heavy atom. The second kappa shape index (κ2) is 9.48. The van der Waals surface area contributed by atoms with Crippen LogP contribution in [0.25, 0.3) is 0 Å². The quantitative estimate of drug-likeness (QED) is 0.766. The topological polar surface area (TPSA) is 83.8 Å². The Morgan fingerprint density at radius 2 is 1.96 bits per heavy atom. The highest BCUT2D eigenvalue weighted by molar-refractivity contribution is 5.95. The molecule has 7 heteroatoms. The smallest absolute Gasteiger partial charge is 0.321 e. The van der Waals surface area contributed by atoms with Crippen LogP contribution in [0, 0.1) is 0 Å². The maximum atomic E-state index is 11.9. The van der Waals surface area contributed by atoms with E-state index in [0.717, 1.165) is 11.3 Å². The highest BCUT2D eigenvalue weighted by atomic mass is 16.5. The number of amides is 3. The number of hydrogen-bond donors (Lipinski definition) is 2. The molecule has 0 fully saturated rings. The number of furan rings is 1. The number of imide groups is 1. The predicted octanol–water partition coefficient (Wildman–Crippen LogP) is 2.14. The normalized spacial score (nSPS) is 10.5. The van der Waals surface area contributed by atoms with Gasteiger partial charge in [0.1, 0.15) is 11.5 Å². The minimum Gasteiger partial charge on any atom is -0.494 e. The van der Waals surface area contributed by atoms with Crippen molar-refractivity contribution in [3.8, 4) is 5.75 Å². The maximum absolute atomic E-state index is 11.9. The number of hydrogen-bond acceptors (Lipinski definition) is 5. The van der Waals surface area contributed by atoms with E-state index < -0.39 is 6.03 Å². The Morgan fingerprint density at radius 3 is 2.60 bits per heavy atom. The van der Waals surface area contributed by atoms with Gasteiger partial charge in [-0.3, -0.25) is 15.0 Å². The van der Waals surface area contributed by atoms with E-state index in [4.69, 9.17) is 9.15 Å². The van der Waals surface area contributed by atoms with Crippen LogP contribution in [-0.2, 0) is 17.9 Å². The number of carbonyl (C=O) groups is 2. The van der Waals surface area contributed by atoms with Crippen LogP contribution in [0.15, 0.2) is 47.1 Å². The van der Waals surface area contributed by atoms with Crippen LogP contribution in [-0.4, -0.2) is 37.0 Å². The summed E-state index contributed by atoms with van der Waals surface area (Å²) >= 11 is 0. The molecular formula is C18H23N3O4. The van der Waals surface area contributed by atoms with Gasteiger partial charge in [0.15, 0.2) is 0 Å². The van der Waals surface area contributed by atoms with E-state index in [9.17, 15) is 9.59 Å². The lowest BCUT2D eigenvalue weighted by Crippen LogP contribution is -2.43. The largest absolute Gasteiger partial charge is 0.494 e. The molecule has 2 aromatic rings. The van der Waals surface area contributed by atoms with Gasteiger partial charge >= 0.3 is 6.03 Å². The SMILES string of the molecule is CCOc1ccc(CN(C)CC(=O)NC(=O)NCc2ccco2)cc1. The molecule has 1 aromatic heterocycles. The maximum Gasteiger partial charge on any atom is 0.321 e. The summed E-state index contributed by atoms with van der Waals surface area (Å²) in [6.07, 6.45) is 1.52. The third kappa shape index (κ3) is 6.68. The Kier molecular flexibility index (Phi) is 7.03. The van der Waals surface area contributed by atoms with Gasteiger partial charge in [0, 0.05) is 6.54 Å². The lowest BCUT2D eigenvalue weighted by molar-refractivity contribution is -0.120. The fourth-order valence-corrected chi connectivity index (χ4v) is 2.26. The summed E-state index contributed by atoms with van der Waals surface area (Å²) < 4.78 is 10.5. The van der Waals surface area contributed by atoms with E-state index in [1.807, 2.05) is 43.1 Å². The second-order valence-electron chi connectivity index (χ2n) is 5.56. The third-order valence-electron chi connectivity index (χ3n) is 3.36. The second-order valence-corrected chi connectivity index (χ2v) is 5.56. The number of nitrogens with one attached hydrogen (secondary N) is 2. The van der Waals surface area contributed by atoms with Crippen LogP contribution >= 0.6 is 0 Å². The van der Waals surface area contributed by atoms with Crippen LogP contribution in [0.5, 0.6) is 5.75 Å². The van der Waals surface area contributed by atoms with E-state index >= 15 is 0 Å². The van der Waals surface area contributed by atoms with Gasteiger partial charge in [-0.1, -0.05) is 12.1 Å². The summed E-state index contributed by atoms with van der Waals surface area (Å²) in [5.41, 5.74) is 1.06. The number of benzene rings is 1. The lowest BCUT2D eigenvalue weighted by atomic mass is 10.2. The molecule has 0 unspecified atom stereocenters. The van der Waals surface area contributed by atoms with Crippen molar-refractivity contribution < 1.29 is 18.7 Å². The van der Waals surface area contributed by atoms with Crippen LogP contribution in [0.4, 0.5) is 4.79 Å². The summed E-state index contributed by atoms with van der Waals surface area (Å²) in [6.45, 7) is 3.50. The molecule has 0 radical (unpaired) electrons. The number of rotatable bonds is 8. The minimum atomic E-state index is -0.545. The van der Waals surface area contributed by atoms with Crippen LogP contribution in [0.3, 0.4) is 0 Å². The van der Waals surface area contributed by atoms with Crippen molar-refractivity contribution in [1.82, 2.24) is 15.5 Å². The molecule has 1 heterocycles. The summed E-state index contributed by atoms with van der Waals surface area (Å²) in [5.74, 6) is 1.07. The number of carbonyl (C=O) groups excluding carboxylic acids is 2. The summed E-state index contributed by atoms with van der Waals surface area (Å²) in [4.78, 5) is 25.4. The van der Waals surface area contributed by atoms with Crippen molar-refractivity contribution in [3.05, 3.63) is 54.0 Å². The zero-order valence-corrected chi connectivity index (χ0v) is 14.5. The van der Waals surface area contributed by atoms with E-state index in [-0.39, 0.29) is 19.0 Å². The van der Waals surface area contributed by atoms with Crippen molar-refractivity contribution in [3.63, 3.8) is 0 Å². The van der Waals surface area contributed by atoms with Crippen molar-refractivity contribution in [1.29, 1.82) is 0 Å². The molecule has 134 valence electrons. The molecular weight excluding hydrogens is 322 g/mol. The number of nitrogens with zero attached hydrogens (tertiary/aromatic N) is 1. The van der Waals surface area contributed by atoms with E-state index in [1.54, 1.807) is 12.1 Å². The summed E-state index contributed by atoms with van der Waals surface area (Å²) in [6, 6.07) is 10.6. The first-order chi connectivity index (χ1) is 12.1. The van der Waals surface area contributed by atoms with Crippen molar-refractivity contribution in [2.24, 2.45) is 0 Å². The highest BCUT2D eigenvalue weighted by Gasteiger charge is 2.11. The van der Waals surface area contributed by atoms with Crippen LogP contribution < -0.4 is 15.4 Å². The first kappa shape index (κ1) is 18.5. The van der Waals surface area contributed by atoms with Gasteiger partial charge in [-0.05, 0) is 43.8 Å². The molecule has 0 aliphatic heterocycles. The Hall–Kier alpha value is -2.80. The van der Waals surface area contributed by atoms with Gasteiger partial charge in [0.25, 0.3) is 0 Å². The summed E-state index contributed by atoms with van der Waals surface area (Å²) in [7, 11) is 1.82. The molecule has 0 aliphatic rings. The van der Waals surface area contributed by atoms with E-state index in [2.05, 4.69) is 10.6 Å². The fraction of sp³-hybridized carbons (Fsp3) is 0.333. The van der Waals surface area contributed by atoms with Gasteiger partial charge in [-0.2, -0.15) is 0 Å². The van der Waals surface area contributed by atoms with Gasteiger partial charge in [0.2, 0.25) is 5.91 Å². The fourth-order valence-electron chi connectivity index (χ4n) is 2.26. The van der Waals surface area contributed by atoms with Gasteiger partial charge in [0.05, 0.1) is 26.0 Å². The predicted molar refractivity (Wildman–Crippen MR) is 93.0 cm³/mol. The van der Waals surface area contributed by atoms with E-state index in [1.165, 1.54) is 6.26 Å². The number of urea groups is 1. The van der Waals surface area contributed by atoms with Crippen molar-refractivity contribution in [2.45, 2.75) is 20.0 Å². The molecule has 2 rings (SSSR count). The van der Waals surface area contributed by atoms with Crippen LogP contribution in [0.2, 0.25) is 0 Å². The Labute approximate surface area is 146 Å². The molecule has 0 atom stereocenters. The molecule has 3 amide bonds. The molecule has 0 saturated heterocycles. The average Bonchev–Trinajstić information content (AvgIpc) is 3.08. The monoisotopic (exact) mass is 345 g/mol. The first-order valence-corrected chi connectivity index (χ1v) is 8.07. The molecule has 0 spiro atoms. The minimum absolute atomic E-state index is 0.112. The highest BCUT2D eigenvalue weighted by Crippen LogP contribution is 2.13. The molecule has 0 saturated carbocycles. The number of ether oxygens (including phenoxy) is 1. The molecule has 7 nitrogen and oxygen atoms in total. The molecule has 0 bridgehead atoms. The zero-order chi connectivity index (χ0) is 18.1. The first-order valence-electron chi connectivity index (χ1n) is 8.07. The Bertz CT molecular complexity index is 668. The van der Waals surface area contributed by atoms with Gasteiger partial charge in [-0.25, -0.2) is 4.79 Å². The molecule has 1 aromatic carbocycles. The molecule has 0 aliphatic carbocycles. The van der Waals surface area contributed by atoms with Gasteiger partial charge < -0.3 is 14.5 Å². The van der Waals surface area contributed by atoms with Crippen molar-refractivity contribution >= 4 is 11.9 Å². The van der Waals surface area contributed by atoms with Crippen molar-refractivity contribution in [2.75, 3.05) is 20.2 Å². The lowest BCUT2D eigenvalue weighted by Gasteiger charge is -2.16. The zero-order valence-electron chi connectivity index (χ0n) is 14.5. The summed E-state index contributed by atoms with van der Waals surface area (Å²) in [5, 5.41) is 4.85. The van der Waals surface area contributed by atoms with E-state index in [0.29, 0.717) is 18.9 Å². The molecule has 2 N–H and O–H groups in total.